The molecule has 7 heteroatoms. The van der Waals surface area contributed by atoms with Crippen LogP contribution in [-0.2, 0) is 40.6 Å². The monoisotopic (exact) mass is 454 g/mol. The van der Waals surface area contributed by atoms with Crippen LogP contribution in [0.5, 0.6) is 0 Å². The fraction of sp³-hybridized carbons (Fsp3) is 0. The molecule has 3 aromatic rings. The van der Waals surface area contributed by atoms with Gasteiger partial charge in [-0.1, -0.05) is 91.0 Å². The smallest absolute Gasteiger partial charge is 0 e. The third-order valence-electron chi connectivity index (χ3n) is 3.04. The SMILES string of the molecule is [C-]#[O+].[C-]#[O+].[C-]#[O+].[C-]#[O+].[C-]#[O+].[Cr].c1ccc(P(c2ccccc2)c2ccccc2)cc1. The first-order valence-corrected chi connectivity index (χ1v) is 8.77. The molecule has 0 aliphatic rings. The molecule has 0 unspecified atom stereocenters. The molecule has 0 aliphatic heterocycles. The molecular weight excluding hydrogens is 439 g/mol. The summed E-state index contributed by atoms with van der Waals surface area (Å²) >= 11 is 0. The molecule has 0 heterocycles. The molecular formula is C23H15CrO5P. The van der Waals surface area contributed by atoms with Crippen LogP contribution in [0, 0.1) is 33.3 Å². The van der Waals surface area contributed by atoms with Crippen molar-refractivity contribution in [3.05, 3.63) is 124 Å². The average Bonchev–Trinajstić information content (AvgIpc) is 2.88. The molecule has 0 bridgehead atoms. The summed E-state index contributed by atoms with van der Waals surface area (Å²) in [5, 5.41) is 4.19. The van der Waals surface area contributed by atoms with Gasteiger partial charge < -0.3 is 0 Å². The minimum absolute atomic E-state index is 0. The molecule has 0 spiro atoms. The minimum atomic E-state index is -0.446. The van der Waals surface area contributed by atoms with Crippen LogP contribution in [0.4, 0.5) is 0 Å². The predicted octanol–water partition coefficient (Wildman–Crippen LogP) is 3.25. The van der Waals surface area contributed by atoms with Crippen molar-refractivity contribution in [2.24, 2.45) is 0 Å². The van der Waals surface area contributed by atoms with Crippen LogP contribution in [0.3, 0.4) is 0 Å². The number of rotatable bonds is 3. The van der Waals surface area contributed by atoms with Crippen molar-refractivity contribution < 1.29 is 40.6 Å². The average molecular weight is 454 g/mol. The van der Waals surface area contributed by atoms with Gasteiger partial charge >= 0.3 is 56.5 Å². The zero-order chi connectivity index (χ0) is 22.9. The van der Waals surface area contributed by atoms with Crippen molar-refractivity contribution in [2.45, 2.75) is 0 Å². The van der Waals surface area contributed by atoms with Crippen molar-refractivity contribution in [3.63, 3.8) is 0 Å². The van der Waals surface area contributed by atoms with E-state index in [1.165, 1.54) is 15.9 Å². The summed E-state index contributed by atoms with van der Waals surface area (Å²) in [5.41, 5.74) is 0. The van der Waals surface area contributed by atoms with E-state index in [9.17, 15) is 0 Å². The molecule has 0 saturated heterocycles. The quantitative estimate of drug-likeness (QED) is 0.330. The fourth-order valence-electron chi connectivity index (χ4n) is 2.18. The number of hydrogen-bond donors (Lipinski definition) is 0. The van der Waals surface area contributed by atoms with Gasteiger partial charge in [-0.2, -0.15) is 0 Å². The molecule has 5 nitrogen and oxygen atoms in total. The Bertz CT molecular complexity index is 716. The zero-order valence-electron chi connectivity index (χ0n) is 15.6. The Labute approximate surface area is 188 Å². The van der Waals surface area contributed by atoms with E-state index < -0.39 is 7.92 Å². The molecule has 0 radical (unpaired) electrons. The van der Waals surface area contributed by atoms with Crippen molar-refractivity contribution in [1.29, 1.82) is 0 Å². The van der Waals surface area contributed by atoms with Crippen LogP contribution in [0.15, 0.2) is 91.0 Å². The van der Waals surface area contributed by atoms with Gasteiger partial charge in [-0.15, -0.1) is 0 Å². The minimum Gasteiger partial charge on any atom is -0.0622 e. The Morgan fingerprint density at radius 1 is 0.367 bits per heavy atom. The normalized spacial score (nSPS) is 7.03. The van der Waals surface area contributed by atoms with E-state index in [4.69, 9.17) is 23.3 Å². The second kappa shape index (κ2) is 28.5. The van der Waals surface area contributed by atoms with E-state index in [0.717, 1.165) is 0 Å². The van der Waals surface area contributed by atoms with E-state index in [-0.39, 0.29) is 17.4 Å². The van der Waals surface area contributed by atoms with Gasteiger partial charge in [0.25, 0.3) is 0 Å². The topological polar surface area (TPSA) is 99.5 Å². The van der Waals surface area contributed by atoms with Crippen LogP contribution < -0.4 is 15.9 Å². The summed E-state index contributed by atoms with van der Waals surface area (Å²) in [6.07, 6.45) is 0. The molecule has 0 fully saturated rings. The van der Waals surface area contributed by atoms with Crippen molar-refractivity contribution in [1.82, 2.24) is 0 Å². The summed E-state index contributed by atoms with van der Waals surface area (Å²) in [6, 6.07) is 32.3. The van der Waals surface area contributed by atoms with Gasteiger partial charge in [0.05, 0.1) is 0 Å². The van der Waals surface area contributed by atoms with Crippen LogP contribution in [-0.4, -0.2) is 0 Å². The molecule has 0 atom stereocenters. The van der Waals surface area contributed by atoms with Crippen LogP contribution in [0.2, 0.25) is 0 Å². The van der Waals surface area contributed by atoms with Crippen LogP contribution in [0.25, 0.3) is 0 Å². The third-order valence-corrected chi connectivity index (χ3v) is 5.49. The second-order valence-corrected chi connectivity index (χ2v) is 6.56. The Morgan fingerprint density at radius 2 is 0.533 bits per heavy atom. The van der Waals surface area contributed by atoms with Crippen LogP contribution >= 0.6 is 7.92 Å². The Balaban J connectivity index is -0.000000271. The number of hydrogen-bond acceptors (Lipinski definition) is 0. The van der Waals surface area contributed by atoms with Gasteiger partial charge in [0.15, 0.2) is 0 Å². The van der Waals surface area contributed by atoms with E-state index >= 15 is 0 Å². The molecule has 3 rings (SSSR count). The fourth-order valence-corrected chi connectivity index (χ4v) is 4.48. The maximum Gasteiger partial charge on any atom is 0 e. The van der Waals surface area contributed by atoms with Gasteiger partial charge in [0.1, 0.15) is 0 Å². The Hall–Kier alpha value is -2.68. The molecule has 0 aromatic heterocycles. The summed E-state index contributed by atoms with van der Waals surface area (Å²) in [6.45, 7) is 22.5. The van der Waals surface area contributed by atoms with Gasteiger partial charge in [-0.05, 0) is 23.8 Å². The third kappa shape index (κ3) is 13.5. The van der Waals surface area contributed by atoms with Crippen LogP contribution in [0.1, 0.15) is 0 Å². The Morgan fingerprint density at radius 3 is 0.700 bits per heavy atom. The molecule has 0 amide bonds. The molecule has 0 saturated carbocycles. The molecule has 30 heavy (non-hydrogen) atoms. The molecule has 0 N–H and O–H groups in total. The zero-order valence-corrected chi connectivity index (χ0v) is 17.7. The van der Waals surface area contributed by atoms with Crippen molar-refractivity contribution in [2.75, 3.05) is 0 Å². The Kier molecular flexibility index (Phi) is 33.1. The summed E-state index contributed by atoms with van der Waals surface area (Å²) in [7, 11) is -0.446. The van der Waals surface area contributed by atoms with Gasteiger partial charge in [-0.3, -0.25) is 0 Å². The summed E-state index contributed by atoms with van der Waals surface area (Å²) in [5.74, 6) is 0. The molecule has 0 aliphatic carbocycles. The molecule has 3 aromatic carbocycles. The maximum absolute atomic E-state index is 7.50. The summed E-state index contributed by atoms with van der Waals surface area (Å²) in [4.78, 5) is 0. The largest absolute Gasteiger partial charge is 0.0622 e. The van der Waals surface area contributed by atoms with Gasteiger partial charge in [0.2, 0.25) is 0 Å². The summed E-state index contributed by atoms with van der Waals surface area (Å²) < 4.78 is 37.5. The second-order valence-electron chi connectivity index (χ2n) is 4.34. The number of benzene rings is 3. The first-order valence-electron chi connectivity index (χ1n) is 7.42. The van der Waals surface area contributed by atoms with E-state index in [0.29, 0.717) is 0 Å². The van der Waals surface area contributed by atoms with E-state index in [1.807, 2.05) is 0 Å². The van der Waals surface area contributed by atoms with Crippen molar-refractivity contribution >= 4 is 23.8 Å². The first kappa shape index (κ1) is 34.8. The van der Waals surface area contributed by atoms with E-state index in [2.05, 4.69) is 124 Å². The van der Waals surface area contributed by atoms with Gasteiger partial charge in [0, 0.05) is 17.4 Å². The molecule has 148 valence electrons. The van der Waals surface area contributed by atoms with Crippen molar-refractivity contribution in [3.8, 4) is 0 Å². The van der Waals surface area contributed by atoms with E-state index in [1.54, 1.807) is 0 Å². The predicted molar refractivity (Wildman–Crippen MR) is 105 cm³/mol. The first-order chi connectivity index (χ1) is 14.4. The maximum atomic E-state index is 7.50. The van der Waals surface area contributed by atoms with Gasteiger partial charge in [-0.25, -0.2) is 0 Å². The standard InChI is InChI=1S/C18H15P.5CO.Cr/c1-4-10-16(11-5-1)19(17-12-6-2-7-13-17)18-14-8-3-9-15-18;5*1-2;/h1-15H;;;;;;.